The van der Waals surface area contributed by atoms with Gasteiger partial charge < -0.3 is 14.6 Å². The average molecular weight is 419 g/mol. The van der Waals surface area contributed by atoms with Crippen LogP contribution in [-0.2, 0) is 19.1 Å². The van der Waals surface area contributed by atoms with Crippen LogP contribution in [0.3, 0.4) is 0 Å². The molecule has 164 valence electrons. The van der Waals surface area contributed by atoms with E-state index in [1.807, 2.05) is 6.08 Å². The topological polar surface area (TPSA) is 72.8 Å². The molecule has 0 bridgehead atoms. The van der Waals surface area contributed by atoms with Crippen LogP contribution < -0.4 is 0 Å². The molecule has 1 aromatic rings. The molecule has 2 rings (SSSR count). The molecule has 2 atom stereocenters. The molecule has 2 unspecified atom stereocenters. The smallest absolute Gasteiger partial charge is 0.313 e. The summed E-state index contributed by atoms with van der Waals surface area (Å²) < 4.78 is 23.7. The van der Waals surface area contributed by atoms with E-state index in [2.05, 4.69) is 25.5 Å². The second-order valence-corrected chi connectivity index (χ2v) is 8.71. The number of aliphatic hydroxyl groups is 1. The Kier molecular flexibility index (Phi) is 7.72. The van der Waals surface area contributed by atoms with Crippen molar-refractivity contribution in [2.75, 3.05) is 14.2 Å². The molecule has 1 aromatic carbocycles. The SMILES string of the molecule is COC(=O)CC(=O)CC(O)C=CC1=C(c2ccc(F)cc2)CC(C)(OC)CC1(C)C. The largest absolute Gasteiger partial charge is 0.469 e. The summed E-state index contributed by atoms with van der Waals surface area (Å²) in [5.74, 6) is -1.31. The third-order valence-electron chi connectivity index (χ3n) is 5.60. The summed E-state index contributed by atoms with van der Waals surface area (Å²) in [5.41, 5.74) is 2.25. The Morgan fingerprint density at radius 1 is 1.20 bits per heavy atom. The van der Waals surface area contributed by atoms with Crippen LogP contribution in [0.5, 0.6) is 0 Å². The van der Waals surface area contributed by atoms with Crippen molar-refractivity contribution in [2.45, 2.75) is 58.2 Å². The predicted octanol–water partition coefficient (Wildman–Crippen LogP) is 4.24. The van der Waals surface area contributed by atoms with Crippen LogP contribution in [0, 0.1) is 11.2 Å². The van der Waals surface area contributed by atoms with E-state index in [1.165, 1.54) is 19.2 Å². The van der Waals surface area contributed by atoms with Gasteiger partial charge in [-0.3, -0.25) is 9.59 Å². The quantitative estimate of drug-likeness (QED) is 0.505. The maximum Gasteiger partial charge on any atom is 0.313 e. The molecule has 30 heavy (non-hydrogen) atoms. The number of Topliss-reactive ketones (excluding diaryl/α,β-unsaturated/α-hetero) is 1. The van der Waals surface area contributed by atoms with E-state index >= 15 is 0 Å². The van der Waals surface area contributed by atoms with Gasteiger partial charge in [0.2, 0.25) is 0 Å². The molecule has 0 aliphatic heterocycles. The molecule has 0 radical (unpaired) electrons. The minimum absolute atomic E-state index is 0.166. The van der Waals surface area contributed by atoms with Crippen molar-refractivity contribution < 1.29 is 28.6 Å². The average Bonchev–Trinajstić information content (AvgIpc) is 2.66. The third kappa shape index (κ3) is 6.09. The van der Waals surface area contributed by atoms with Crippen molar-refractivity contribution in [3.8, 4) is 0 Å². The zero-order chi connectivity index (χ0) is 22.5. The molecule has 0 fully saturated rings. The van der Waals surface area contributed by atoms with Gasteiger partial charge in [-0.25, -0.2) is 4.39 Å². The van der Waals surface area contributed by atoms with Crippen LogP contribution in [-0.4, -0.2) is 42.8 Å². The van der Waals surface area contributed by atoms with E-state index in [-0.39, 0.29) is 35.5 Å². The highest BCUT2D eigenvalue weighted by molar-refractivity contribution is 5.95. The van der Waals surface area contributed by atoms with Crippen molar-refractivity contribution in [3.63, 3.8) is 0 Å². The third-order valence-corrected chi connectivity index (χ3v) is 5.60. The second kappa shape index (κ2) is 9.67. The standard InChI is InChI=1S/C24H31FO5/c1-23(2)15-24(3,30-5)14-20(16-6-8-17(25)9-7-16)21(23)11-10-18(26)12-19(27)13-22(28)29-4/h6-11,18,26H,12-15H2,1-5H3. The fourth-order valence-electron chi connectivity index (χ4n) is 4.16. The van der Waals surface area contributed by atoms with E-state index in [1.54, 1.807) is 25.3 Å². The number of esters is 1. The number of ketones is 1. The number of benzene rings is 1. The monoisotopic (exact) mass is 418 g/mol. The van der Waals surface area contributed by atoms with Gasteiger partial charge in [-0.2, -0.15) is 0 Å². The Hall–Kier alpha value is -2.31. The van der Waals surface area contributed by atoms with Gasteiger partial charge in [0, 0.05) is 20.0 Å². The first-order chi connectivity index (χ1) is 14.0. The van der Waals surface area contributed by atoms with Gasteiger partial charge in [-0.1, -0.05) is 38.1 Å². The number of aliphatic hydroxyl groups excluding tert-OH is 1. The molecule has 0 spiro atoms. The van der Waals surface area contributed by atoms with E-state index in [0.717, 1.165) is 23.1 Å². The van der Waals surface area contributed by atoms with E-state index in [0.29, 0.717) is 6.42 Å². The van der Waals surface area contributed by atoms with Crippen molar-refractivity contribution in [3.05, 3.63) is 53.4 Å². The van der Waals surface area contributed by atoms with E-state index < -0.39 is 12.1 Å². The highest BCUT2D eigenvalue weighted by atomic mass is 19.1. The number of carbonyl (C=O) groups is 2. The van der Waals surface area contributed by atoms with Crippen LogP contribution in [0.4, 0.5) is 4.39 Å². The molecule has 0 aromatic heterocycles. The lowest BCUT2D eigenvalue weighted by molar-refractivity contribution is -0.143. The maximum atomic E-state index is 13.5. The summed E-state index contributed by atoms with van der Waals surface area (Å²) in [6.07, 6.45) is 3.27. The zero-order valence-corrected chi connectivity index (χ0v) is 18.3. The number of hydrogen-bond acceptors (Lipinski definition) is 5. The van der Waals surface area contributed by atoms with E-state index in [9.17, 15) is 19.1 Å². The number of hydrogen-bond donors (Lipinski definition) is 1. The van der Waals surface area contributed by atoms with Gasteiger partial charge in [0.05, 0.1) is 18.8 Å². The Labute approximate surface area is 177 Å². The van der Waals surface area contributed by atoms with Crippen molar-refractivity contribution in [2.24, 2.45) is 5.41 Å². The fourth-order valence-corrected chi connectivity index (χ4v) is 4.16. The minimum Gasteiger partial charge on any atom is -0.469 e. The van der Waals surface area contributed by atoms with Gasteiger partial charge in [-0.15, -0.1) is 0 Å². The molecule has 0 saturated carbocycles. The minimum atomic E-state index is -1.02. The van der Waals surface area contributed by atoms with Gasteiger partial charge in [0.25, 0.3) is 0 Å². The molecule has 0 heterocycles. The van der Waals surface area contributed by atoms with Crippen molar-refractivity contribution >= 4 is 17.3 Å². The van der Waals surface area contributed by atoms with Crippen LogP contribution in [0.2, 0.25) is 0 Å². The van der Waals surface area contributed by atoms with Crippen LogP contribution in [0.15, 0.2) is 42.0 Å². The van der Waals surface area contributed by atoms with Crippen molar-refractivity contribution in [1.29, 1.82) is 0 Å². The first kappa shape index (κ1) is 24.0. The Bertz CT molecular complexity index is 838. The molecule has 1 N–H and O–H groups in total. The number of halogens is 1. The Balaban J connectivity index is 2.36. The maximum absolute atomic E-state index is 13.5. The molecular formula is C24H31FO5. The lowest BCUT2D eigenvalue weighted by atomic mass is 9.65. The van der Waals surface area contributed by atoms with Crippen molar-refractivity contribution in [1.82, 2.24) is 0 Å². The summed E-state index contributed by atoms with van der Waals surface area (Å²) in [6, 6.07) is 6.34. The Morgan fingerprint density at radius 3 is 2.40 bits per heavy atom. The summed E-state index contributed by atoms with van der Waals surface area (Å²) in [6.45, 7) is 6.25. The number of methoxy groups -OCH3 is 2. The Morgan fingerprint density at radius 2 is 1.83 bits per heavy atom. The molecule has 0 saturated heterocycles. The van der Waals surface area contributed by atoms with Crippen LogP contribution in [0.25, 0.3) is 5.57 Å². The van der Waals surface area contributed by atoms with E-state index in [4.69, 9.17) is 4.74 Å². The summed E-state index contributed by atoms with van der Waals surface area (Å²) in [7, 11) is 2.91. The van der Waals surface area contributed by atoms with Gasteiger partial charge in [0.15, 0.2) is 0 Å². The predicted molar refractivity (Wildman–Crippen MR) is 113 cm³/mol. The lowest BCUT2D eigenvalue weighted by Crippen LogP contribution is -2.39. The normalized spacial score (nSPS) is 22.2. The van der Waals surface area contributed by atoms with Gasteiger partial charge in [0.1, 0.15) is 18.0 Å². The molecule has 1 aliphatic carbocycles. The summed E-state index contributed by atoms with van der Waals surface area (Å²) in [5, 5.41) is 10.3. The molecule has 0 amide bonds. The number of allylic oxidation sites excluding steroid dienone is 2. The molecule has 1 aliphatic rings. The first-order valence-corrected chi connectivity index (χ1v) is 9.99. The second-order valence-electron chi connectivity index (χ2n) is 8.71. The summed E-state index contributed by atoms with van der Waals surface area (Å²) >= 11 is 0. The van der Waals surface area contributed by atoms with Crippen LogP contribution >= 0.6 is 0 Å². The molecule has 5 nitrogen and oxygen atoms in total. The molecule has 6 heteroatoms. The zero-order valence-electron chi connectivity index (χ0n) is 18.3. The number of ether oxygens (including phenoxy) is 2. The summed E-state index contributed by atoms with van der Waals surface area (Å²) in [4.78, 5) is 23.1. The van der Waals surface area contributed by atoms with Crippen LogP contribution in [0.1, 0.15) is 52.0 Å². The number of carbonyl (C=O) groups excluding carboxylic acids is 2. The highest BCUT2D eigenvalue weighted by Crippen LogP contribution is 2.49. The first-order valence-electron chi connectivity index (χ1n) is 9.99. The fraction of sp³-hybridized carbons (Fsp3) is 0.500. The lowest BCUT2D eigenvalue weighted by Gasteiger charge is -2.44. The number of rotatable bonds is 8. The highest BCUT2D eigenvalue weighted by Gasteiger charge is 2.41. The molecular weight excluding hydrogens is 387 g/mol. The van der Waals surface area contributed by atoms with Gasteiger partial charge >= 0.3 is 5.97 Å². The van der Waals surface area contributed by atoms with Gasteiger partial charge in [-0.05, 0) is 47.6 Å².